The standard InChI is InChI=1S/C9H9Cl2FO2/c1-14-8-5(7(13)9(10)11)3-2-4-6(8)12/h2-4,7,9,13H,1H3. The molecular formula is C9H9Cl2FO2. The summed E-state index contributed by atoms with van der Waals surface area (Å²) in [4.78, 5) is -1.02. The summed E-state index contributed by atoms with van der Waals surface area (Å²) in [7, 11) is 1.31. The Morgan fingerprint density at radius 1 is 1.43 bits per heavy atom. The van der Waals surface area contributed by atoms with E-state index in [1.807, 2.05) is 0 Å². The van der Waals surface area contributed by atoms with Gasteiger partial charge in [0.2, 0.25) is 0 Å². The Balaban J connectivity index is 3.13. The van der Waals surface area contributed by atoms with Crippen molar-refractivity contribution in [3.8, 4) is 5.75 Å². The first-order valence-electron chi connectivity index (χ1n) is 3.86. The number of aliphatic hydroxyl groups is 1. The van der Waals surface area contributed by atoms with Gasteiger partial charge in [-0.3, -0.25) is 0 Å². The highest BCUT2D eigenvalue weighted by Crippen LogP contribution is 2.32. The number of methoxy groups -OCH3 is 1. The highest BCUT2D eigenvalue weighted by molar-refractivity contribution is 6.44. The summed E-state index contributed by atoms with van der Waals surface area (Å²) in [6, 6.07) is 4.18. The molecule has 5 heteroatoms. The van der Waals surface area contributed by atoms with Gasteiger partial charge >= 0.3 is 0 Å². The maximum atomic E-state index is 13.2. The average molecular weight is 239 g/mol. The molecule has 1 unspecified atom stereocenters. The molecule has 0 heterocycles. The van der Waals surface area contributed by atoms with Gasteiger partial charge in [0.1, 0.15) is 10.9 Å². The molecule has 78 valence electrons. The van der Waals surface area contributed by atoms with E-state index in [0.717, 1.165) is 0 Å². The van der Waals surface area contributed by atoms with Gasteiger partial charge in [-0.2, -0.15) is 0 Å². The van der Waals surface area contributed by atoms with Crippen molar-refractivity contribution in [1.82, 2.24) is 0 Å². The summed E-state index contributed by atoms with van der Waals surface area (Å²) in [5, 5.41) is 9.52. The zero-order valence-corrected chi connectivity index (χ0v) is 8.89. The lowest BCUT2D eigenvalue weighted by atomic mass is 10.1. The van der Waals surface area contributed by atoms with Crippen molar-refractivity contribution < 1.29 is 14.2 Å². The Morgan fingerprint density at radius 3 is 2.57 bits per heavy atom. The van der Waals surface area contributed by atoms with Crippen molar-refractivity contribution in [1.29, 1.82) is 0 Å². The normalized spacial score (nSPS) is 13.0. The molecule has 1 aromatic rings. The lowest BCUT2D eigenvalue weighted by molar-refractivity contribution is 0.186. The molecular weight excluding hydrogens is 230 g/mol. The van der Waals surface area contributed by atoms with Gasteiger partial charge in [-0.1, -0.05) is 12.1 Å². The van der Waals surface area contributed by atoms with Crippen LogP contribution in [0.4, 0.5) is 4.39 Å². The van der Waals surface area contributed by atoms with E-state index < -0.39 is 16.8 Å². The summed E-state index contributed by atoms with van der Waals surface area (Å²) in [6.07, 6.45) is -1.16. The molecule has 0 aromatic heterocycles. The Kier molecular flexibility index (Phi) is 3.98. The quantitative estimate of drug-likeness (QED) is 0.821. The van der Waals surface area contributed by atoms with Crippen LogP contribution in [-0.4, -0.2) is 17.1 Å². The van der Waals surface area contributed by atoms with Crippen LogP contribution in [-0.2, 0) is 0 Å². The van der Waals surface area contributed by atoms with Crippen molar-refractivity contribution in [2.24, 2.45) is 0 Å². The Hall–Kier alpha value is -0.510. The third-order valence-corrected chi connectivity index (χ3v) is 2.24. The molecule has 0 fully saturated rings. The van der Waals surface area contributed by atoms with Gasteiger partial charge in [0.25, 0.3) is 0 Å². The summed E-state index contributed by atoms with van der Waals surface area (Å²) in [5.74, 6) is -0.593. The Labute approximate surface area is 91.2 Å². The van der Waals surface area contributed by atoms with E-state index in [4.69, 9.17) is 27.9 Å². The van der Waals surface area contributed by atoms with Gasteiger partial charge in [0.15, 0.2) is 11.6 Å². The molecule has 2 nitrogen and oxygen atoms in total. The predicted molar refractivity (Wildman–Crippen MR) is 53.4 cm³/mol. The second kappa shape index (κ2) is 4.82. The molecule has 0 radical (unpaired) electrons. The number of alkyl halides is 2. The number of benzene rings is 1. The zero-order valence-electron chi connectivity index (χ0n) is 7.38. The van der Waals surface area contributed by atoms with Gasteiger partial charge in [-0.15, -0.1) is 23.2 Å². The van der Waals surface area contributed by atoms with Crippen LogP contribution in [0.1, 0.15) is 11.7 Å². The van der Waals surface area contributed by atoms with Gasteiger partial charge in [-0.05, 0) is 6.07 Å². The number of hydrogen-bond donors (Lipinski definition) is 1. The number of ether oxygens (including phenoxy) is 1. The monoisotopic (exact) mass is 238 g/mol. The van der Waals surface area contributed by atoms with Crippen LogP contribution in [0.3, 0.4) is 0 Å². The lowest BCUT2D eigenvalue weighted by Crippen LogP contribution is -2.08. The van der Waals surface area contributed by atoms with Gasteiger partial charge in [0, 0.05) is 5.56 Å². The lowest BCUT2D eigenvalue weighted by Gasteiger charge is -2.15. The molecule has 0 saturated carbocycles. The highest BCUT2D eigenvalue weighted by Gasteiger charge is 2.21. The van der Waals surface area contributed by atoms with Gasteiger partial charge in [-0.25, -0.2) is 4.39 Å². The van der Waals surface area contributed by atoms with E-state index in [1.165, 1.54) is 25.3 Å². The number of halogens is 3. The minimum Gasteiger partial charge on any atom is -0.493 e. The molecule has 0 amide bonds. The average Bonchev–Trinajstić information content (AvgIpc) is 2.16. The van der Waals surface area contributed by atoms with Crippen LogP contribution >= 0.6 is 23.2 Å². The summed E-state index contributed by atoms with van der Waals surface area (Å²) in [5.41, 5.74) is 0.238. The smallest absolute Gasteiger partial charge is 0.165 e. The summed E-state index contributed by atoms with van der Waals surface area (Å²) < 4.78 is 17.9. The number of hydrogen-bond acceptors (Lipinski definition) is 2. The van der Waals surface area contributed by atoms with Crippen LogP contribution in [0.5, 0.6) is 5.75 Å². The van der Waals surface area contributed by atoms with Crippen molar-refractivity contribution in [3.05, 3.63) is 29.6 Å². The molecule has 0 saturated heterocycles. The van der Waals surface area contributed by atoms with E-state index in [-0.39, 0.29) is 11.3 Å². The minimum absolute atomic E-state index is 0.0358. The van der Waals surface area contributed by atoms with E-state index >= 15 is 0 Å². The number of rotatable bonds is 3. The molecule has 1 N–H and O–H groups in total. The molecule has 1 atom stereocenters. The first kappa shape index (κ1) is 11.6. The Morgan fingerprint density at radius 2 is 2.07 bits per heavy atom. The molecule has 0 aliphatic rings. The van der Waals surface area contributed by atoms with Gasteiger partial charge < -0.3 is 9.84 Å². The molecule has 0 spiro atoms. The van der Waals surface area contributed by atoms with Crippen molar-refractivity contribution in [2.45, 2.75) is 10.9 Å². The predicted octanol–water partition coefficient (Wildman–Crippen LogP) is 2.67. The molecule has 14 heavy (non-hydrogen) atoms. The van der Waals surface area contributed by atoms with Crippen molar-refractivity contribution >= 4 is 23.2 Å². The molecule has 1 rings (SSSR count). The maximum Gasteiger partial charge on any atom is 0.165 e. The third kappa shape index (κ3) is 2.29. The van der Waals surface area contributed by atoms with Crippen molar-refractivity contribution in [3.63, 3.8) is 0 Å². The number of para-hydroxylation sites is 1. The summed E-state index contributed by atoms with van der Waals surface area (Å²) in [6.45, 7) is 0. The zero-order chi connectivity index (χ0) is 10.7. The number of aliphatic hydroxyl groups excluding tert-OH is 1. The van der Waals surface area contributed by atoms with E-state index in [9.17, 15) is 9.50 Å². The molecule has 0 aliphatic heterocycles. The van der Waals surface area contributed by atoms with E-state index in [0.29, 0.717) is 0 Å². The SMILES string of the molecule is COc1c(F)cccc1C(O)C(Cl)Cl. The van der Waals surface area contributed by atoms with Crippen LogP contribution < -0.4 is 4.74 Å². The van der Waals surface area contributed by atoms with Crippen molar-refractivity contribution in [2.75, 3.05) is 7.11 Å². The second-order valence-electron chi connectivity index (χ2n) is 2.64. The minimum atomic E-state index is -1.16. The van der Waals surface area contributed by atoms with Crippen LogP contribution in [0.25, 0.3) is 0 Å². The fourth-order valence-electron chi connectivity index (χ4n) is 1.11. The molecule has 1 aromatic carbocycles. The fourth-order valence-corrected chi connectivity index (χ4v) is 1.38. The Bertz CT molecular complexity index is 318. The van der Waals surface area contributed by atoms with Gasteiger partial charge in [0.05, 0.1) is 7.11 Å². The van der Waals surface area contributed by atoms with E-state index in [2.05, 4.69) is 0 Å². The van der Waals surface area contributed by atoms with Crippen LogP contribution in [0.2, 0.25) is 0 Å². The highest BCUT2D eigenvalue weighted by atomic mass is 35.5. The first-order valence-corrected chi connectivity index (χ1v) is 4.73. The topological polar surface area (TPSA) is 29.5 Å². The van der Waals surface area contributed by atoms with E-state index in [1.54, 1.807) is 0 Å². The molecule has 0 aliphatic carbocycles. The van der Waals surface area contributed by atoms with Crippen LogP contribution in [0, 0.1) is 5.82 Å². The third-order valence-electron chi connectivity index (χ3n) is 1.76. The molecule has 0 bridgehead atoms. The second-order valence-corrected chi connectivity index (χ2v) is 3.81. The fraction of sp³-hybridized carbons (Fsp3) is 0.333. The summed E-state index contributed by atoms with van der Waals surface area (Å²) >= 11 is 11.0. The largest absolute Gasteiger partial charge is 0.493 e. The van der Waals surface area contributed by atoms with Crippen LogP contribution in [0.15, 0.2) is 18.2 Å². The first-order chi connectivity index (χ1) is 6.57. The maximum absolute atomic E-state index is 13.2.